The number of benzene rings is 2. The van der Waals surface area contributed by atoms with Crippen LogP contribution in [0.3, 0.4) is 0 Å². The Labute approximate surface area is 142 Å². The van der Waals surface area contributed by atoms with Crippen molar-refractivity contribution >= 4 is 17.3 Å². The van der Waals surface area contributed by atoms with Crippen molar-refractivity contribution in [3.05, 3.63) is 76.4 Å². The van der Waals surface area contributed by atoms with Crippen LogP contribution in [0, 0.1) is 6.92 Å². The van der Waals surface area contributed by atoms with Crippen LogP contribution >= 0.6 is 0 Å². The third kappa shape index (κ3) is 2.78. The lowest BCUT2D eigenvalue weighted by molar-refractivity contribution is 0.0973. The number of aryl methyl sites for hydroxylation is 1. The molecule has 0 spiro atoms. The summed E-state index contributed by atoms with van der Waals surface area (Å²) in [6.45, 7) is 7.08. The number of likely N-dealkylation sites (N-methyl/N-ethyl adjacent to an activating group) is 1. The van der Waals surface area contributed by atoms with Crippen LogP contribution in [0.1, 0.15) is 40.1 Å². The molecule has 0 unspecified atom stereocenters. The summed E-state index contributed by atoms with van der Waals surface area (Å²) in [5.41, 5.74) is 4.45. The minimum absolute atomic E-state index is 0.0340. The second-order valence-corrected chi connectivity index (χ2v) is 6.16. The Morgan fingerprint density at radius 3 is 2.00 bits per heavy atom. The van der Waals surface area contributed by atoms with E-state index in [2.05, 4.69) is 36.1 Å². The van der Waals surface area contributed by atoms with Gasteiger partial charge in [-0.3, -0.25) is 9.59 Å². The molecule has 0 saturated carbocycles. The van der Waals surface area contributed by atoms with Crippen molar-refractivity contribution in [2.24, 2.45) is 0 Å². The van der Waals surface area contributed by atoms with E-state index in [1.807, 2.05) is 6.92 Å². The van der Waals surface area contributed by atoms with Crippen LogP contribution in [0.15, 0.2) is 59.7 Å². The van der Waals surface area contributed by atoms with Gasteiger partial charge < -0.3 is 4.90 Å². The molecule has 122 valence electrons. The van der Waals surface area contributed by atoms with Crippen LogP contribution in [0.5, 0.6) is 0 Å². The third-order valence-corrected chi connectivity index (χ3v) is 4.61. The van der Waals surface area contributed by atoms with E-state index in [1.54, 1.807) is 31.2 Å². The molecule has 0 fully saturated rings. The largest absolute Gasteiger partial charge is 0.367 e. The summed E-state index contributed by atoms with van der Waals surface area (Å²) in [5.74, 6) is -0.0755. The van der Waals surface area contributed by atoms with Crippen molar-refractivity contribution in [3.63, 3.8) is 0 Å². The molecule has 0 heterocycles. The monoisotopic (exact) mass is 319 g/mol. The SMILES string of the molecule is CCN(CC1=C(C)C(=O)c2ccccc2C1=O)c1ccc(C)cc1. The average molecular weight is 319 g/mol. The fraction of sp³-hybridized carbons (Fsp3) is 0.238. The van der Waals surface area contributed by atoms with Crippen LogP contribution in [-0.4, -0.2) is 24.7 Å². The van der Waals surface area contributed by atoms with E-state index in [1.165, 1.54) is 5.56 Å². The highest BCUT2D eigenvalue weighted by molar-refractivity contribution is 6.27. The lowest BCUT2D eigenvalue weighted by atomic mass is 9.84. The number of fused-ring (bicyclic) bond motifs is 1. The fourth-order valence-corrected chi connectivity index (χ4v) is 3.07. The smallest absolute Gasteiger partial charge is 0.191 e. The van der Waals surface area contributed by atoms with Crippen molar-refractivity contribution in [1.29, 1.82) is 0 Å². The quantitative estimate of drug-likeness (QED) is 0.847. The molecule has 3 nitrogen and oxygen atoms in total. The zero-order valence-electron chi connectivity index (χ0n) is 14.3. The number of hydrogen-bond acceptors (Lipinski definition) is 3. The standard InChI is InChI=1S/C21H21NO2/c1-4-22(16-11-9-14(2)10-12-16)13-19-15(3)20(23)17-7-5-6-8-18(17)21(19)24/h5-12H,4,13H2,1-3H3. The van der Waals surface area contributed by atoms with Gasteiger partial charge in [0, 0.05) is 41.1 Å². The lowest BCUT2D eigenvalue weighted by Gasteiger charge is -2.27. The second kappa shape index (κ2) is 6.44. The molecular formula is C21H21NO2. The number of allylic oxidation sites excluding steroid dienone is 1. The number of carbonyl (C=O) groups excluding carboxylic acids is 2. The molecule has 0 N–H and O–H groups in total. The first-order valence-electron chi connectivity index (χ1n) is 8.22. The molecule has 0 amide bonds. The highest BCUT2D eigenvalue weighted by atomic mass is 16.1. The summed E-state index contributed by atoms with van der Waals surface area (Å²) >= 11 is 0. The Balaban J connectivity index is 1.96. The number of hydrogen-bond donors (Lipinski definition) is 0. The first kappa shape index (κ1) is 16.2. The molecule has 0 bridgehead atoms. The lowest BCUT2D eigenvalue weighted by Crippen LogP contribution is -2.32. The predicted octanol–water partition coefficient (Wildman–Crippen LogP) is 4.22. The average Bonchev–Trinajstić information content (AvgIpc) is 2.61. The maximum absolute atomic E-state index is 12.9. The molecule has 24 heavy (non-hydrogen) atoms. The van der Waals surface area contributed by atoms with Gasteiger partial charge in [0.05, 0.1) is 0 Å². The molecule has 0 radical (unpaired) electrons. The summed E-state index contributed by atoms with van der Waals surface area (Å²) in [6.07, 6.45) is 0. The molecular weight excluding hydrogens is 298 g/mol. The minimum Gasteiger partial charge on any atom is -0.367 e. The van der Waals surface area contributed by atoms with Gasteiger partial charge in [-0.25, -0.2) is 0 Å². The van der Waals surface area contributed by atoms with E-state index in [0.717, 1.165) is 12.2 Å². The number of carbonyl (C=O) groups is 2. The van der Waals surface area contributed by atoms with Crippen molar-refractivity contribution < 1.29 is 9.59 Å². The maximum atomic E-state index is 12.9. The van der Waals surface area contributed by atoms with Gasteiger partial charge in [-0.15, -0.1) is 0 Å². The van der Waals surface area contributed by atoms with Gasteiger partial charge >= 0.3 is 0 Å². The number of Topliss-reactive ketones (excluding diaryl/α,β-unsaturated/α-hetero) is 2. The number of nitrogens with zero attached hydrogens (tertiary/aromatic N) is 1. The van der Waals surface area contributed by atoms with Crippen LogP contribution in [0.4, 0.5) is 5.69 Å². The molecule has 2 aromatic rings. The van der Waals surface area contributed by atoms with E-state index in [4.69, 9.17) is 0 Å². The van der Waals surface area contributed by atoms with E-state index in [9.17, 15) is 9.59 Å². The van der Waals surface area contributed by atoms with Crippen LogP contribution in [0.2, 0.25) is 0 Å². The molecule has 0 aromatic heterocycles. The van der Waals surface area contributed by atoms with Crippen molar-refractivity contribution in [2.45, 2.75) is 20.8 Å². The van der Waals surface area contributed by atoms with Crippen LogP contribution in [0.25, 0.3) is 0 Å². The summed E-state index contributed by atoms with van der Waals surface area (Å²) in [6, 6.07) is 15.3. The van der Waals surface area contributed by atoms with E-state index in [-0.39, 0.29) is 11.6 Å². The number of ketones is 2. The van der Waals surface area contributed by atoms with Crippen molar-refractivity contribution in [2.75, 3.05) is 18.0 Å². The van der Waals surface area contributed by atoms with Gasteiger partial charge in [0.1, 0.15) is 0 Å². The zero-order chi connectivity index (χ0) is 17.3. The molecule has 0 atom stereocenters. The Kier molecular flexibility index (Phi) is 4.34. The normalized spacial score (nSPS) is 14.0. The van der Waals surface area contributed by atoms with Crippen molar-refractivity contribution in [3.8, 4) is 0 Å². The van der Waals surface area contributed by atoms with Gasteiger partial charge in [-0.2, -0.15) is 0 Å². The van der Waals surface area contributed by atoms with Crippen LogP contribution < -0.4 is 4.90 Å². The Bertz CT molecular complexity index is 831. The minimum atomic E-state index is -0.0415. The Morgan fingerprint density at radius 1 is 0.833 bits per heavy atom. The molecule has 1 aliphatic carbocycles. The number of rotatable bonds is 4. The van der Waals surface area contributed by atoms with Crippen molar-refractivity contribution in [1.82, 2.24) is 0 Å². The topological polar surface area (TPSA) is 37.4 Å². The zero-order valence-corrected chi connectivity index (χ0v) is 14.3. The van der Waals surface area contributed by atoms with Gasteiger partial charge in [-0.1, -0.05) is 42.0 Å². The molecule has 3 heteroatoms. The van der Waals surface area contributed by atoms with E-state index < -0.39 is 0 Å². The first-order chi connectivity index (χ1) is 11.5. The number of anilines is 1. The molecule has 3 rings (SSSR count). The Morgan fingerprint density at radius 2 is 1.42 bits per heavy atom. The summed E-state index contributed by atoms with van der Waals surface area (Å²) in [4.78, 5) is 27.6. The second-order valence-electron chi connectivity index (χ2n) is 6.16. The molecule has 0 saturated heterocycles. The van der Waals surface area contributed by atoms with E-state index >= 15 is 0 Å². The highest BCUT2D eigenvalue weighted by Crippen LogP contribution is 2.28. The maximum Gasteiger partial charge on any atom is 0.191 e. The van der Waals surface area contributed by atoms with Gasteiger partial charge in [0.15, 0.2) is 11.6 Å². The van der Waals surface area contributed by atoms with E-state index in [0.29, 0.717) is 28.8 Å². The fourth-order valence-electron chi connectivity index (χ4n) is 3.07. The van der Waals surface area contributed by atoms with Crippen LogP contribution in [-0.2, 0) is 0 Å². The van der Waals surface area contributed by atoms with Gasteiger partial charge in [0.2, 0.25) is 0 Å². The van der Waals surface area contributed by atoms with Gasteiger partial charge in [-0.05, 0) is 32.9 Å². The third-order valence-electron chi connectivity index (χ3n) is 4.61. The molecule has 0 aliphatic heterocycles. The highest BCUT2D eigenvalue weighted by Gasteiger charge is 2.30. The Hall–Kier alpha value is -2.68. The summed E-state index contributed by atoms with van der Waals surface area (Å²) < 4.78 is 0. The van der Waals surface area contributed by atoms with Gasteiger partial charge in [0.25, 0.3) is 0 Å². The molecule has 2 aromatic carbocycles. The molecule has 1 aliphatic rings. The summed E-state index contributed by atoms with van der Waals surface area (Å²) in [5, 5.41) is 0. The summed E-state index contributed by atoms with van der Waals surface area (Å²) in [7, 11) is 0. The predicted molar refractivity (Wildman–Crippen MR) is 96.9 cm³/mol. The first-order valence-corrected chi connectivity index (χ1v) is 8.22.